The van der Waals surface area contributed by atoms with Gasteiger partial charge in [0.05, 0.1) is 59.7 Å². The van der Waals surface area contributed by atoms with Gasteiger partial charge in [0.15, 0.2) is 22.8 Å². The number of amides is 4. The fraction of sp³-hybridized carbons (Fsp3) is 0.281. The number of H-pyrrole nitrogens is 1. The standard InChI is InChI=1S/C34H34N4O2.C28H30N4O3.C27H28N4O2.C25H27N5O2/c1-40-32-17-16-25(28-14-4-5-15-29(28)32)21-37-19-18-31-30(22-37)33(36-38(31)26-11-7-12-26)34(39)35-20-24-10-6-9-23-8-2-3-13-27(23)24;1-35-26-12-11-21(22-9-5-6-10-23(22)26)18-31-14-13-25-24(19-31)27(30-32(25)15-16-33)28(34)29-17-20-7-3-2-4-8-20;32-16-15-31-25-13-14-30(18-22-11-6-10-21-9-4-5-12-23(21)22)19-24(25)26(29-31)27(33)28-17-20-7-2-1-3-8-20;31-13-12-30-23-10-11-29(16-19-15-26-22-9-5-4-8-20(19)22)17-21(23)24(28-30)25(32)27-14-18-6-2-1-3-7-18/h2-6,8-10,13-17,26H,7,11-12,18-22H2,1H3,(H,35,39);2-12,33H,13-19H2,1H3,(H,29,34);1-12,32H,13-19H2,(H,28,33);1-9,15,26,31H,10-14,16-17H2,(H,27,32). The van der Waals surface area contributed by atoms with Crippen LogP contribution < -0.4 is 30.7 Å². The Morgan fingerprint density at radius 1 is 0.336 bits per heavy atom. The number of nitrogens with one attached hydrogen (secondary N) is 5. The predicted octanol–water partition coefficient (Wildman–Crippen LogP) is 16.3. The molecule has 1 aliphatic carbocycles. The highest BCUT2D eigenvalue weighted by Gasteiger charge is 2.36. The zero-order chi connectivity index (χ0) is 95.8. The second-order valence-electron chi connectivity index (χ2n) is 36.6. The van der Waals surface area contributed by atoms with Crippen molar-refractivity contribution >= 4 is 77.6 Å². The number of aromatic amines is 1. The van der Waals surface area contributed by atoms with Gasteiger partial charge in [0.1, 0.15) is 11.5 Å². The summed E-state index contributed by atoms with van der Waals surface area (Å²) in [4.78, 5) is 65.8. The smallest absolute Gasteiger partial charge is 0.272 e. The Morgan fingerprint density at radius 2 is 0.664 bits per heavy atom. The van der Waals surface area contributed by atoms with Gasteiger partial charge < -0.3 is 51.0 Å². The van der Waals surface area contributed by atoms with Crippen LogP contribution in [0.3, 0.4) is 0 Å². The van der Waals surface area contributed by atoms with Crippen LogP contribution in [0.4, 0.5) is 0 Å². The number of para-hydroxylation sites is 1. The Labute approximate surface area is 814 Å². The van der Waals surface area contributed by atoms with Gasteiger partial charge in [-0.3, -0.25) is 57.5 Å². The van der Waals surface area contributed by atoms with Gasteiger partial charge in [-0.25, -0.2) is 0 Å². The van der Waals surface area contributed by atoms with Crippen LogP contribution in [-0.4, -0.2) is 163 Å². The van der Waals surface area contributed by atoms with E-state index in [2.05, 4.69) is 218 Å². The lowest BCUT2D eigenvalue weighted by Gasteiger charge is -2.31. The molecule has 22 rings (SSSR count). The van der Waals surface area contributed by atoms with Crippen molar-refractivity contribution in [1.82, 2.24) is 85.0 Å². The van der Waals surface area contributed by atoms with E-state index in [9.17, 15) is 34.5 Å². The van der Waals surface area contributed by atoms with E-state index < -0.39 is 0 Å². The van der Waals surface area contributed by atoms with Crippen LogP contribution >= 0.6 is 0 Å². The number of ether oxygens (including phenoxy) is 2. The molecule has 0 radical (unpaired) electrons. The summed E-state index contributed by atoms with van der Waals surface area (Å²) in [6, 6.07) is 92.9. The number of benzene rings is 12. The van der Waals surface area contributed by atoms with Crippen LogP contribution in [-0.2, 0) is 124 Å². The lowest BCUT2D eigenvalue weighted by molar-refractivity contribution is 0.0934. The Hall–Kier alpha value is -14.7. The molecule has 5 aromatic heterocycles. The summed E-state index contributed by atoms with van der Waals surface area (Å²) in [5.74, 6) is 1.16. The van der Waals surface area contributed by atoms with E-state index in [0.29, 0.717) is 94.3 Å². The fourth-order valence-electron chi connectivity index (χ4n) is 20.4. The van der Waals surface area contributed by atoms with E-state index >= 15 is 0 Å². The van der Waals surface area contributed by atoms with E-state index in [1.54, 1.807) is 23.6 Å². The molecule has 5 aliphatic rings. The highest BCUT2D eigenvalue weighted by molar-refractivity contribution is 5.98. The van der Waals surface area contributed by atoms with E-state index in [1.165, 1.54) is 72.1 Å². The maximum absolute atomic E-state index is 13.7. The maximum Gasteiger partial charge on any atom is 0.272 e. The van der Waals surface area contributed by atoms with Gasteiger partial charge in [-0.2, -0.15) is 20.4 Å². The van der Waals surface area contributed by atoms with Crippen molar-refractivity contribution in [3.05, 3.63) is 391 Å². The number of nitrogens with zero attached hydrogens (tertiary/aromatic N) is 12. The number of rotatable bonds is 29. The zero-order valence-corrected chi connectivity index (χ0v) is 79.3. The third-order valence-corrected chi connectivity index (χ3v) is 27.7. The molecule has 4 aliphatic heterocycles. The molecule has 0 saturated heterocycles. The minimum absolute atomic E-state index is 0.00108. The van der Waals surface area contributed by atoms with Gasteiger partial charge in [0.25, 0.3) is 23.6 Å². The average Bonchev–Trinajstić information content (AvgIpc) is 1.62. The molecule has 0 bridgehead atoms. The van der Waals surface area contributed by atoms with Gasteiger partial charge in [-0.1, -0.05) is 255 Å². The lowest BCUT2D eigenvalue weighted by atomic mass is 9.92. The molecule has 0 spiro atoms. The van der Waals surface area contributed by atoms with Gasteiger partial charge in [-0.15, -0.1) is 0 Å². The zero-order valence-electron chi connectivity index (χ0n) is 79.3. The molecule has 12 aromatic carbocycles. The number of carbonyl (C=O) groups is 4. The second-order valence-corrected chi connectivity index (χ2v) is 36.6. The van der Waals surface area contributed by atoms with Crippen molar-refractivity contribution in [2.45, 2.75) is 149 Å². The van der Waals surface area contributed by atoms with E-state index in [1.807, 2.05) is 132 Å². The summed E-state index contributed by atoms with van der Waals surface area (Å²) in [5.41, 5.74) is 20.8. The fourth-order valence-corrected chi connectivity index (χ4v) is 20.4. The highest BCUT2D eigenvalue weighted by Crippen LogP contribution is 2.39. The summed E-state index contributed by atoms with van der Waals surface area (Å²) >= 11 is 0. The summed E-state index contributed by atoms with van der Waals surface area (Å²) in [5, 5.41) is 70.2. The number of methoxy groups -OCH3 is 2. The Bertz CT molecular complexity index is 7240. The number of aliphatic hydroxyl groups excluding tert-OH is 3. The number of aliphatic hydroxyl groups is 3. The van der Waals surface area contributed by atoms with E-state index in [0.717, 1.165) is 187 Å². The van der Waals surface area contributed by atoms with Gasteiger partial charge >= 0.3 is 0 Å². The summed E-state index contributed by atoms with van der Waals surface area (Å²) in [6.45, 7) is 12.5. The molecular formula is C114H119N17O9. The van der Waals surface area contributed by atoms with Crippen LogP contribution in [0.2, 0.25) is 0 Å². The third kappa shape index (κ3) is 21.3. The first-order valence-electron chi connectivity index (χ1n) is 48.7. The molecule has 26 heteroatoms. The molecule has 0 unspecified atom stereocenters. The number of aromatic nitrogens is 9. The summed E-state index contributed by atoms with van der Waals surface area (Å²) < 4.78 is 18.8. The van der Waals surface area contributed by atoms with Gasteiger partial charge in [-0.05, 0) is 114 Å². The minimum Gasteiger partial charge on any atom is -0.496 e. The Kier molecular flexibility index (Phi) is 29.9. The van der Waals surface area contributed by atoms with Crippen molar-refractivity contribution in [2.24, 2.45) is 0 Å². The summed E-state index contributed by atoms with van der Waals surface area (Å²) in [6.07, 6.45) is 8.89. The lowest BCUT2D eigenvalue weighted by Crippen LogP contribution is -2.33. The van der Waals surface area contributed by atoms with Crippen molar-refractivity contribution < 1.29 is 44.0 Å². The average molecular weight is 1870 g/mol. The normalized spacial score (nSPS) is 14.3. The molecule has 8 N–H and O–H groups in total. The van der Waals surface area contributed by atoms with Crippen molar-refractivity contribution in [1.29, 1.82) is 0 Å². The first-order valence-corrected chi connectivity index (χ1v) is 48.7. The maximum atomic E-state index is 13.7. The molecule has 1 saturated carbocycles. The molecule has 17 aromatic rings. The molecule has 9 heterocycles. The van der Waals surface area contributed by atoms with E-state index in [4.69, 9.17) is 14.6 Å². The van der Waals surface area contributed by atoms with Crippen LogP contribution in [0.5, 0.6) is 11.5 Å². The van der Waals surface area contributed by atoms with Crippen LogP contribution in [0, 0.1) is 0 Å². The monoisotopic (exact) mass is 1870 g/mol. The molecule has 4 amide bonds. The molecular weight excluding hydrogens is 1750 g/mol. The molecule has 0 atom stereocenters. The van der Waals surface area contributed by atoms with Crippen molar-refractivity contribution in [3.63, 3.8) is 0 Å². The van der Waals surface area contributed by atoms with Gasteiger partial charge in [0.2, 0.25) is 0 Å². The Balaban J connectivity index is 0.000000119. The SMILES string of the molecule is COc1ccc(CN2CCc3c(c(C(=O)NCc4cccc5ccccc45)nn3C3CCC3)C2)c2ccccc12.COc1ccc(CN2CCc3c(c(C(=O)NCc4ccccc4)nn3CCO)C2)c2ccccc12.O=C(NCc1ccccc1)c1nn(CCO)c2c1CN(Cc1c[nH]c3ccccc13)CC2.O=C(NCc1ccccc1)c1nn(CCO)c2c1CN(Cc1cccc3ccccc13)CC2. The predicted molar refractivity (Wildman–Crippen MR) is 546 cm³/mol. The Morgan fingerprint density at radius 3 is 1.07 bits per heavy atom. The topological polar surface area (TPSA) is 296 Å². The third-order valence-electron chi connectivity index (χ3n) is 27.7. The van der Waals surface area contributed by atoms with Gasteiger partial charge in [0, 0.05) is 203 Å². The molecule has 1 fully saturated rings. The first-order chi connectivity index (χ1) is 68.8. The van der Waals surface area contributed by atoms with Crippen LogP contribution in [0.25, 0.3) is 54.0 Å². The number of fused-ring (bicyclic) bond motifs is 9. The van der Waals surface area contributed by atoms with Crippen molar-refractivity contribution in [2.75, 3.05) is 60.2 Å². The number of hydrogen-bond acceptors (Lipinski definition) is 17. The quantitative estimate of drug-likeness (QED) is 0.0216. The molecule has 140 heavy (non-hydrogen) atoms. The highest BCUT2D eigenvalue weighted by atomic mass is 16.5. The summed E-state index contributed by atoms with van der Waals surface area (Å²) in [7, 11) is 3.42. The minimum atomic E-state index is -0.182. The molecule has 26 nitrogen and oxygen atoms in total. The number of carbonyl (C=O) groups excluding carboxylic acids is 4. The molecule has 714 valence electrons. The number of hydrogen-bond donors (Lipinski definition) is 8. The van der Waals surface area contributed by atoms with E-state index in [-0.39, 0.29) is 43.4 Å². The first kappa shape index (κ1) is 94.2. The second kappa shape index (κ2) is 44.4. The van der Waals surface area contributed by atoms with Crippen LogP contribution in [0.1, 0.15) is 157 Å². The largest absolute Gasteiger partial charge is 0.496 e. The van der Waals surface area contributed by atoms with Crippen molar-refractivity contribution in [3.8, 4) is 11.5 Å². The van der Waals surface area contributed by atoms with Crippen LogP contribution in [0.15, 0.2) is 279 Å².